The number of ether oxygens (including phenoxy) is 1. The predicted octanol–water partition coefficient (Wildman–Crippen LogP) is 7.07. The number of benzene rings is 2. The second-order valence-electron chi connectivity index (χ2n) is 17.1. The van der Waals surface area contributed by atoms with Gasteiger partial charge in [0.1, 0.15) is 11.9 Å². The van der Waals surface area contributed by atoms with Crippen LogP contribution in [0.2, 0.25) is 5.02 Å². The summed E-state index contributed by atoms with van der Waals surface area (Å²) in [7, 11) is 1.81. The van der Waals surface area contributed by atoms with E-state index in [2.05, 4.69) is 42.9 Å². The molecule has 2 aromatic carbocycles. The molecule has 3 aliphatic heterocycles. The fourth-order valence-corrected chi connectivity index (χ4v) is 9.84. The molecular formula is C45H48ClFN10O4. The number of hydrogen-bond acceptors (Lipinski definition) is 10. The number of likely N-dealkylation sites (tertiary alicyclic amines) is 1. The molecule has 5 aromatic rings. The number of nitrogens with zero attached hydrogens (tertiary/aromatic N) is 7. The summed E-state index contributed by atoms with van der Waals surface area (Å²) >= 11 is 6.49. The molecule has 316 valence electrons. The zero-order valence-corrected chi connectivity index (χ0v) is 34.8. The van der Waals surface area contributed by atoms with Crippen molar-refractivity contribution in [2.75, 3.05) is 48.3 Å². The molecule has 4 fully saturated rings. The van der Waals surface area contributed by atoms with Crippen molar-refractivity contribution in [1.29, 1.82) is 0 Å². The SMILES string of the molecule is CNc1cc(N2CCc3c(-c4ccc(OC5CCC6(CC5)CCN(Cc5ccc(Cl)c(N7CCC(=O)NC7=O)c5)CC6)cn4)cccc32)nn2c(C(=O)N[C@@H]3C[C@@H]3F)cnc12. The maximum atomic E-state index is 13.6. The molecule has 10 rings (SSSR count). The fraction of sp³-hybridized carbons (Fsp3) is 0.422. The van der Waals surface area contributed by atoms with Crippen LogP contribution >= 0.6 is 11.6 Å². The van der Waals surface area contributed by atoms with E-state index in [0.717, 1.165) is 98.5 Å². The number of fused-ring (bicyclic) bond motifs is 2. The lowest BCUT2D eigenvalue weighted by Crippen LogP contribution is -2.49. The Balaban J connectivity index is 0.751. The summed E-state index contributed by atoms with van der Waals surface area (Å²) in [5.74, 6) is 0.797. The molecule has 2 aliphatic carbocycles. The largest absolute Gasteiger partial charge is 0.489 e. The predicted molar refractivity (Wildman–Crippen MR) is 230 cm³/mol. The number of amides is 4. The van der Waals surface area contributed by atoms with Crippen LogP contribution < -0.4 is 30.5 Å². The Labute approximate surface area is 357 Å². The van der Waals surface area contributed by atoms with Gasteiger partial charge in [-0.2, -0.15) is 0 Å². The number of carbonyl (C=O) groups excluding carboxylic acids is 3. The van der Waals surface area contributed by atoms with Crippen LogP contribution in [0.25, 0.3) is 16.9 Å². The molecule has 0 radical (unpaired) electrons. The van der Waals surface area contributed by atoms with E-state index >= 15 is 0 Å². The quantitative estimate of drug-likeness (QED) is 0.133. The zero-order chi connectivity index (χ0) is 41.8. The van der Waals surface area contributed by atoms with Crippen LogP contribution in [0.15, 0.2) is 67.0 Å². The average Bonchev–Trinajstić information content (AvgIpc) is 3.59. The lowest BCUT2D eigenvalue weighted by atomic mass is 9.67. The lowest BCUT2D eigenvalue weighted by Gasteiger charge is -2.46. The molecular weight excluding hydrogens is 799 g/mol. The number of alkyl halides is 1. The van der Waals surface area contributed by atoms with Crippen LogP contribution in [0.1, 0.15) is 73.0 Å². The van der Waals surface area contributed by atoms with Gasteiger partial charge in [0.25, 0.3) is 5.91 Å². The summed E-state index contributed by atoms with van der Waals surface area (Å²) in [6.07, 6.45) is 10.5. The molecule has 3 N–H and O–H groups in total. The normalized spacial score (nSPS) is 21.4. The maximum Gasteiger partial charge on any atom is 0.328 e. The molecule has 16 heteroatoms. The zero-order valence-electron chi connectivity index (χ0n) is 34.0. The summed E-state index contributed by atoms with van der Waals surface area (Å²) in [5, 5.41) is 13.7. The van der Waals surface area contributed by atoms with Crippen molar-refractivity contribution >= 4 is 58.0 Å². The second-order valence-corrected chi connectivity index (χ2v) is 17.5. The second kappa shape index (κ2) is 15.9. The Morgan fingerprint density at radius 2 is 1.75 bits per heavy atom. The minimum Gasteiger partial charge on any atom is -0.489 e. The summed E-state index contributed by atoms with van der Waals surface area (Å²) in [6, 6.07) is 17.2. The molecule has 2 saturated heterocycles. The van der Waals surface area contributed by atoms with Gasteiger partial charge in [0, 0.05) is 56.8 Å². The highest BCUT2D eigenvalue weighted by Gasteiger charge is 2.40. The van der Waals surface area contributed by atoms with E-state index in [1.54, 1.807) is 4.90 Å². The van der Waals surface area contributed by atoms with E-state index in [-0.39, 0.29) is 24.1 Å². The number of hydrogen-bond donors (Lipinski definition) is 3. The van der Waals surface area contributed by atoms with Crippen LogP contribution in [0.4, 0.5) is 32.1 Å². The van der Waals surface area contributed by atoms with Crippen molar-refractivity contribution in [3.05, 3.63) is 88.8 Å². The number of carbonyl (C=O) groups is 3. The van der Waals surface area contributed by atoms with Crippen molar-refractivity contribution in [2.24, 2.45) is 5.41 Å². The molecule has 4 amide bonds. The first-order valence-electron chi connectivity index (χ1n) is 21.3. The number of imidazole rings is 1. The van der Waals surface area contributed by atoms with Crippen LogP contribution in [-0.4, -0.2) is 93.9 Å². The third kappa shape index (κ3) is 7.73. The molecule has 0 unspecified atom stereocenters. The Bertz CT molecular complexity index is 2510. The molecule has 2 saturated carbocycles. The molecule has 5 aliphatic rings. The molecule has 3 aromatic heterocycles. The van der Waals surface area contributed by atoms with Gasteiger partial charge in [-0.05, 0) is 105 Å². The first kappa shape index (κ1) is 39.3. The minimum atomic E-state index is -1.00. The van der Waals surface area contributed by atoms with Gasteiger partial charge in [0.05, 0.1) is 46.6 Å². The number of halogens is 2. The van der Waals surface area contributed by atoms with Crippen LogP contribution in [-0.2, 0) is 17.8 Å². The van der Waals surface area contributed by atoms with E-state index in [0.29, 0.717) is 47.1 Å². The number of pyridine rings is 1. The first-order valence-corrected chi connectivity index (χ1v) is 21.7. The number of nitrogens with one attached hydrogen (secondary N) is 3. The molecule has 0 bridgehead atoms. The van der Waals surface area contributed by atoms with E-state index in [4.69, 9.17) is 26.4 Å². The molecule has 2 atom stereocenters. The van der Waals surface area contributed by atoms with Crippen LogP contribution in [0, 0.1) is 5.41 Å². The van der Waals surface area contributed by atoms with Gasteiger partial charge in [-0.1, -0.05) is 29.8 Å². The number of imide groups is 1. The molecule has 6 heterocycles. The average molecular weight is 847 g/mol. The number of urea groups is 1. The van der Waals surface area contributed by atoms with Crippen molar-refractivity contribution in [1.82, 2.24) is 35.1 Å². The first-order chi connectivity index (χ1) is 29.6. The highest BCUT2D eigenvalue weighted by atomic mass is 35.5. The number of aromatic nitrogens is 4. The summed E-state index contributed by atoms with van der Waals surface area (Å²) < 4.78 is 21.6. The van der Waals surface area contributed by atoms with Gasteiger partial charge in [0.15, 0.2) is 17.2 Å². The van der Waals surface area contributed by atoms with Gasteiger partial charge in [-0.25, -0.2) is 18.7 Å². The standard InChI is InChI=1S/C45H48ClFN10O4/c1-48-36-23-40(53-57-39(25-50-42(36)57)43(59)51-35-22-33(35)47)55-17-11-31-30(3-2-4-37(31)55)34-8-6-29(24-49-34)61-28-9-13-45(14-10-28)15-19-54(20-16-45)26-27-5-7-32(46)38(21-27)56-18-12-41(58)52-44(56)60/h2-8,21,23-25,28,33,35,48H,9-20,22,26H2,1H3,(H,51,59)(H,52,58,60)/t33-,35+/m0/s1. The summed E-state index contributed by atoms with van der Waals surface area (Å²) in [5.41, 5.74) is 7.74. The van der Waals surface area contributed by atoms with Crippen molar-refractivity contribution in [3.63, 3.8) is 0 Å². The molecule has 61 heavy (non-hydrogen) atoms. The topological polar surface area (TPSA) is 149 Å². The summed E-state index contributed by atoms with van der Waals surface area (Å²) in [4.78, 5) is 52.7. The lowest BCUT2D eigenvalue weighted by molar-refractivity contribution is -0.120. The number of piperidine rings is 1. The third-order valence-corrected chi connectivity index (χ3v) is 13.6. The smallest absolute Gasteiger partial charge is 0.328 e. The van der Waals surface area contributed by atoms with Gasteiger partial charge in [-0.3, -0.25) is 29.7 Å². The van der Waals surface area contributed by atoms with Gasteiger partial charge in [0.2, 0.25) is 5.91 Å². The van der Waals surface area contributed by atoms with Gasteiger partial charge >= 0.3 is 6.03 Å². The van der Waals surface area contributed by atoms with Crippen molar-refractivity contribution in [2.45, 2.75) is 82.6 Å². The van der Waals surface area contributed by atoms with Crippen LogP contribution in [0.3, 0.4) is 0 Å². The van der Waals surface area contributed by atoms with Crippen molar-refractivity contribution in [3.8, 4) is 17.0 Å². The van der Waals surface area contributed by atoms with Crippen molar-refractivity contribution < 1.29 is 23.5 Å². The van der Waals surface area contributed by atoms with E-state index in [1.807, 2.05) is 55.7 Å². The Morgan fingerprint density at radius 3 is 2.49 bits per heavy atom. The third-order valence-electron chi connectivity index (χ3n) is 13.3. The Morgan fingerprint density at radius 1 is 0.951 bits per heavy atom. The van der Waals surface area contributed by atoms with E-state index in [9.17, 15) is 18.8 Å². The maximum absolute atomic E-state index is 13.6. The highest BCUT2D eigenvalue weighted by molar-refractivity contribution is 6.34. The van der Waals surface area contributed by atoms with Gasteiger partial charge in [-0.15, -0.1) is 5.10 Å². The Hall–Kier alpha value is -5.80. The van der Waals surface area contributed by atoms with E-state index in [1.165, 1.54) is 16.3 Å². The van der Waals surface area contributed by atoms with E-state index < -0.39 is 24.2 Å². The molecule has 1 spiro atoms. The Kier molecular flexibility index (Phi) is 10.3. The molecule has 14 nitrogen and oxygen atoms in total. The van der Waals surface area contributed by atoms with Gasteiger partial charge < -0.3 is 20.3 Å². The summed E-state index contributed by atoms with van der Waals surface area (Å²) in [6.45, 7) is 3.85. The monoisotopic (exact) mass is 846 g/mol. The fourth-order valence-electron chi connectivity index (χ4n) is 9.62. The number of anilines is 4. The van der Waals surface area contributed by atoms with Crippen LogP contribution in [0.5, 0.6) is 5.75 Å². The number of rotatable bonds is 10. The highest BCUT2D eigenvalue weighted by Crippen LogP contribution is 2.46. The minimum absolute atomic E-state index is 0.157.